The SMILES string of the molecule is C[N+]1(Cc2ccc(CC(=O)N[C@@H](Cc3cccc(C(=O)O)c3[O-])B(O)O)cc2)CCOCC1. The van der Waals surface area contributed by atoms with E-state index in [1.165, 1.54) is 18.2 Å². The van der Waals surface area contributed by atoms with Gasteiger partial charge in [0.2, 0.25) is 5.91 Å². The van der Waals surface area contributed by atoms with E-state index < -0.39 is 36.2 Å². The summed E-state index contributed by atoms with van der Waals surface area (Å²) < 4.78 is 6.34. The minimum Gasteiger partial charge on any atom is -0.872 e. The van der Waals surface area contributed by atoms with Crippen LogP contribution in [0.2, 0.25) is 0 Å². The minimum absolute atomic E-state index is 0.0306. The van der Waals surface area contributed by atoms with E-state index in [9.17, 15) is 24.7 Å². The van der Waals surface area contributed by atoms with Crippen LogP contribution in [0.5, 0.6) is 5.75 Å². The zero-order valence-electron chi connectivity index (χ0n) is 18.6. The number of ether oxygens (including phenoxy) is 1. The Hall–Kier alpha value is -2.92. The molecule has 1 aliphatic rings. The summed E-state index contributed by atoms with van der Waals surface area (Å²) in [4.78, 5) is 23.7. The number of hydrogen-bond acceptors (Lipinski definition) is 6. The molecule has 0 aromatic heterocycles. The number of aromatic carboxylic acids is 1. The Kier molecular flexibility index (Phi) is 8.09. The third kappa shape index (κ3) is 6.78. The standard InChI is InChI=1S/C23H29BN2O7/c1-26(9-11-33-12-10-26)15-17-7-5-16(6-8-17)13-21(27)25-20(24(31)32)14-18-3-2-4-19(22(18)28)23(29)30/h2-8,20,31-32H,9-15H2,1H3,(H2-,25,27,28,29,30)/t20-/m0/s1. The Morgan fingerprint density at radius 3 is 2.36 bits per heavy atom. The van der Waals surface area contributed by atoms with E-state index in [4.69, 9.17) is 9.84 Å². The molecule has 1 amide bonds. The van der Waals surface area contributed by atoms with Gasteiger partial charge in [0, 0.05) is 5.56 Å². The number of amides is 1. The first-order valence-corrected chi connectivity index (χ1v) is 10.8. The van der Waals surface area contributed by atoms with E-state index in [1.54, 1.807) is 0 Å². The monoisotopic (exact) mass is 456 g/mol. The van der Waals surface area contributed by atoms with E-state index >= 15 is 0 Å². The fourth-order valence-corrected chi connectivity index (χ4v) is 3.97. The summed E-state index contributed by atoms with van der Waals surface area (Å²) in [5.41, 5.74) is 1.61. The smallest absolute Gasteiger partial charge is 0.475 e. The van der Waals surface area contributed by atoms with Crippen LogP contribution in [-0.2, 0) is 28.9 Å². The van der Waals surface area contributed by atoms with Crippen LogP contribution in [0.3, 0.4) is 0 Å². The van der Waals surface area contributed by atoms with Crippen LogP contribution in [0.4, 0.5) is 0 Å². The molecule has 9 nitrogen and oxygen atoms in total. The number of para-hydroxylation sites is 1. The lowest BCUT2D eigenvalue weighted by Crippen LogP contribution is -2.51. The lowest BCUT2D eigenvalue weighted by Gasteiger charge is -2.37. The summed E-state index contributed by atoms with van der Waals surface area (Å²) in [5, 5.41) is 43.3. The first-order chi connectivity index (χ1) is 15.7. The van der Waals surface area contributed by atoms with Crippen molar-refractivity contribution in [3.8, 4) is 5.75 Å². The number of carbonyl (C=O) groups is 2. The number of morpholine rings is 1. The second-order valence-corrected chi connectivity index (χ2v) is 8.72. The minimum atomic E-state index is -1.91. The van der Waals surface area contributed by atoms with Gasteiger partial charge >= 0.3 is 13.1 Å². The number of nitrogens with zero attached hydrogens (tertiary/aromatic N) is 1. The van der Waals surface area contributed by atoms with Crippen molar-refractivity contribution in [2.75, 3.05) is 33.4 Å². The Morgan fingerprint density at radius 2 is 1.76 bits per heavy atom. The molecule has 0 bridgehead atoms. The highest BCUT2D eigenvalue weighted by Crippen LogP contribution is 2.21. The average Bonchev–Trinajstić information content (AvgIpc) is 2.76. The quantitative estimate of drug-likeness (QED) is 0.301. The van der Waals surface area contributed by atoms with Crippen LogP contribution >= 0.6 is 0 Å². The summed E-state index contributed by atoms with van der Waals surface area (Å²) in [7, 11) is 0.283. The molecule has 0 aliphatic carbocycles. The highest BCUT2D eigenvalue weighted by atomic mass is 16.5. The first-order valence-electron chi connectivity index (χ1n) is 10.8. The first kappa shape index (κ1) is 24.7. The Morgan fingerprint density at radius 1 is 1.12 bits per heavy atom. The molecule has 0 radical (unpaired) electrons. The van der Waals surface area contributed by atoms with Crippen molar-refractivity contribution in [2.24, 2.45) is 0 Å². The molecule has 0 spiro atoms. The number of carboxylic acids is 1. The summed E-state index contributed by atoms with van der Waals surface area (Å²) in [6, 6.07) is 11.7. The zero-order chi connectivity index (χ0) is 24.0. The lowest BCUT2D eigenvalue weighted by molar-refractivity contribution is -0.929. The van der Waals surface area contributed by atoms with Crippen molar-refractivity contribution < 1.29 is 39.1 Å². The van der Waals surface area contributed by atoms with Gasteiger partial charge in [-0.2, -0.15) is 0 Å². The Bertz CT molecular complexity index is 975. The third-order valence-electron chi connectivity index (χ3n) is 5.98. The number of rotatable bonds is 9. The van der Waals surface area contributed by atoms with E-state index in [1.807, 2.05) is 24.3 Å². The predicted octanol–water partition coefficient (Wildman–Crippen LogP) is -0.283. The van der Waals surface area contributed by atoms with Crippen molar-refractivity contribution in [2.45, 2.75) is 25.3 Å². The van der Waals surface area contributed by atoms with Crippen LogP contribution in [0.15, 0.2) is 42.5 Å². The van der Waals surface area contributed by atoms with Gasteiger partial charge in [0.05, 0.1) is 38.2 Å². The number of hydrogen-bond donors (Lipinski definition) is 4. The van der Waals surface area contributed by atoms with E-state index in [2.05, 4.69) is 12.4 Å². The highest BCUT2D eigenvalue weighted by Gasteiger charge is 2.27. The molecule has 33 heavy (non-hydrogen) atoms. The van der Waals surface area contributed by atoms with Crippen molar-refractivity contribution in [3.63, 3.8) is 0 Å². The molecule has 176 valence electrons. The van der Waals surface area contributed by atoms with Gasteiger partial charge in [-0.3, -0.25) is 4.79 Å². The van der Waals surface area contributed by atoms with Gasteiger partial charge in [0.15, 0.2) is 0 Å². The summed E-state index contributed by atoms with van der Waals surface area (Å²) in [6.07, 6.45) is -0.175. The molecule has 1 fully saturated rings. The van der Waals surface area contributed by atoms with Crippen LogP contribution in [-0.4, -0.2) is 77.9 Å². The predicted molar refractivity (Wildman–Crippen MR) is 119 cm³/mol. The van der Waals surface area contributed by atoms with Crippen molar-refractivity contribution in [1.29, 1.82) is 0 Å². The molecular formula is C23H29BN2O7. The fraction of sp³-hybridized carbons (Fsp3) is 0.391. The van der Waals surface area contributed by atoms with Gasteiger partial charge in [0.25, 0.3) is 0 Å². The van der Waals surface area contributed by atoms with Crippen LogP contribution in [0.25, 0.3) is 0 Å². The molecule has 2 aromatic carbocycles. The van der Waals surface area contributed by atoms with Crippen LogP contribution in [0, 0.1) is 0 Å². The maximum Gasteiger partial charge on any atom is 0.475 e. The van der Waals surface area contributed by atoms with Gasteiger partial charge in [0.1, 0.15) is 19.6 Å². The molecule has 2 aromatic rings. The number of quaternary nitrogens is 1. The molecule has 3 rings (SSSR count). The summed E-state index contributed by atoms with van der Waals surface area (Å²) >= 11 is 0. The number of nitrogens with one attached hydrogen (secondary N) is 1. The molecule has 1 saturated heterocycles. The van der Waals surface area contributed by atoms with Crippen LogP contribution < -0.4 is 10.4 Å². The van der Waals surface area contributed by atoms with Crippen molar-refractivity contribution in [3.05, 3.63) is 64.7 Å². The maximum absolute atomic E-state index is 12.5. The highest BCUT2D eigenvalue weighted by molar-refractivity contribution is 6.43. The van der Waals surface area contributed by atoms with E-state index in [0.717, 1.165) is 48.5 Å². The lowest BCUT2D eigenvalue weighted by atomic mass is 9.75. The third-order valence-corrected chi connectivity index (χ3v) is 5.98. The Labute approximate surface area is 193 Å². The van der Waals surface area contributed by atoms with Crippen LogP contribution in [0.1, 0.15) is 27.0 Å². The number of carboxylic acid groups (broad SMARTS) is 1. The van der Waals surface area contributed by atoms with E-state index in [0.29, 0.717) is 0 Å². The normalized spacial score (nSPS) is 16.1. The van der Waals surface area contributed by atoms with Gasteiger partial charge < -0.3 is 34.8 Å². The fourth-order valence-electron chi connectivity index (χ4n) is 3.97. The second kappa shape index (κ2) is 10.8. The molecule has 0 unspecified atom stereocenters. The summed E-state index contributed by atoms with van der Waals surface area (Å²) in [5.74, 6) is -3.66. The molecule has 1 aliphatic heterocycles. The van der Waals surface area contributed by atoms with Gasteiger partial charge in [-0.1, -0.05) is 47.7 Å². The molecule has 4 N–H and O–H groups in total. The largest absolute Gasteiger partial charge is 0.872 e. The van der Waals surface area contributed by atoms with Gasteiger partial charge in [-0.15, -0.1) is 0 Å². The van der Waals surface area contributed by atoms with Gasteiger partial charge in [-0.25, -0.2) is 4.79 Å². The zero-order valence-corrected chi connectivity index (χ0v) is 18.6. The Balaban J connectivity index is 1.60. The number of carbonyl (C=O) groups excluding carboxylic acids is 1. The molecule has 0 saturated carbocycles. The topological polar surface area (TPSA) is 139 Å². The van der Waals surface area contributed by atoms with Crippen molar-refractivity contribution in [1.82, 2.24) is 5.32 Å². The molecule has 10 heteroatoms. The molecule has 1 atom stereocenters. The number of likely N-dealkylation sites (N-methyl/N-ethyl adjacent to an activating group) is 1. The van der Waals surface area contributed by atoms with Crippen molar-refractivity contribution >= 4 is 19.0 Å². The second-order valence-electron chi connectivity index (χ2n) is 8.72. The number of benzene rings is 2. The maximum atomic E-state index is 12.5. The average molecular weight is 456 g/mol. The van der Waals surface area contributed by atoms with Gasteiger partial charge in [-0.05, 0) is 18.1 Å². The summed E-state index contributed by atoms with van der Waals surface area (Å²) in [6.45, 7) is 4.29. The molecular weight excluding hydrogens is 427 g/mol. The molecule has 1 heterocycles. The van der Waals surface area contributed by atoms with E-state index in [-0.39, 0.29) is 18.4 Å².